The van der Waals surface area contributed by atoms with Crippen LogP contribution in [0.15, 0.2) is 51.1 Å². The van der Waals surface area contributed by atoms with Gasteiger partial charge in [-0.05, 0) is 12.5 Å². The van der Waals surface area contributed by atoms with Crippen molar-refractivity contribution < 1.29 is 0 Å². The van der Waals surface area contributed by atoms with E-state index in [4.69, 9.17) is 0 Å². The van der Waals surface area contributed by atoms with Crippen molar-refractivity contribution in [2.24, 2.45) is 5.10 Å². The lowest BCUT2D eigenvalue weighted by Gasteiger charge is -2.00. The third-order valence-electron chi connectivity index (χ3n) is 2.22. The molecule has 2 aromatic rings. The molecule has 0 saturated carbocycles. The number of aromatic amines is 1. The Morgan fingerprint density at radius 3 is 2.59 bits per heavy atom. The van der Waals surface area contributed by atoms with Gasteiger partial charge in [-0.1, -0.05) is 30.3 Å². The minimum absolute atomic E-state index is 0.418. The molecule has 17 heavy (non-hydrogen) atoms. The molecule has 0 aliphatic carbocycles. The molecule has 0 radical (unpaired) electrons. The second-order valence-corrected chi connectivity index (χ2v) is 3.55. The van der Waals surface area contributed by atoms with Gasteiger partial charge in [0, 0.05) is 11.8 Å². The summed E-state index contributed by atoms with van der Waals surface area (Å²) in [5, 5.41) is 4.03. The zero-order valence-corrected chi connectivity index (χ0v) is 9.25. The molecule has 1 aromatic heterocycles. The molecule has 0 fully saturated rings. The first-order chi connectivity index (χ1) is 8.16. The van der Waals surface area contributed by atoms with E-state index in [0.717, 1.165) is 10.2 Å². The highest BCUT2D eigenvalue weighted by Crippen LogP contribution is 1.95. The molecule has 5 nitrogen and oxygen atoms in total. The van der Waals surface area contributed by atoms with Crippen molar-refractivity contribution in [1.29, 1.82) is 0 Å². The Morgan fingerprint density at radius 2 is 1.94 bits per heavy atom. The molecule has 0 aliphatic rings. The summed E-state index contributed by atoms with van der Waals surface area (Å²) < 4.78 is 1.15. The fourth-order valence-electron chi connectivity index (χ4n) is 1.41. The van der Waals surface area contributed by atoms with Crippen molar-refractivity contribution in [1.82, 2.24) is 9.66 Å². The first kappa shape index (κ1) is 11.1. The molecule has 1 aromatic carbocycles. The van der Waals surface area contributed by atoms with Crippen molar-refractivity contribution in [2.45, 2.75) is 6.92 Å². The van der Waals surface area contributed by atoms with Crippen molar-refractivity contribution in [3.8, 4) is 0 Å². The normalized spacial score (nSPS) is 10.9. The average Bonchev–Trinajstić information content (AvgIpc) is 2.29. The number of nitrogens with one attached hydrogen (secondary N) is 1. The Morgan fingerprint density at radius 1 is 1.24 bits per heavy atom. The van der Waals surface area contributed by atoms with Gasteiger partial charge in [0.05, 0.1) is 6.21 Å². The van der Waals surface area contributed by atoms with E-state index < -0.39 is 11.2 Å². The van der Waals surface area contributed by atoms with E-state index in [-0.39, 0.29) is 0 Å². The Hall–Kier alpha value is -2.43. The molecule has 0 atom stereocenters. The zero-order valence-electron chi connectivity index (χ0n) is 9.25. The van der Waals surface area contributed by atoms with Gasteiger partial charge in [-0.2, -0.15) is 9.78 Å². The highest BCUT2D eigenvalue weighted by molar-refractivity contribution is 5.79. The van der Waals surface area contributed by atoms with Gasteiger partial charge in [-0.25, -0.2) is 4.79 Å². The van der Waals surface area contributed by atoms with Gasteiger partial charge in [-0.15, -0.1) is 0 Å². The van der Waals surface area contributed by atoms with Gasteiger partial charge in [0.25, 0.3) is 5.56 Å². The van der Waals surface area contributed by atoms with Gasteiger partial charge in [0.15, 0.2) is 0 Å². The molecule has 0 amide bonds. The van der Waals surface area contributed by atoms with Crippen LogP contribution in [0.5, 0.6) is 0 Å². The summed E-state index contributed by atoms with van der Waals surface area (Å²) in [7, 11) is 0. The number of hydrogen-bond donors (Lipinski definition) is 1. The highest BCUT2D eigenvalue weighted by atomic mass is 16.2. The number of rotatable bonds is 2. The maximum Gasteiger partial charge on any atom is 0.349 e. The molecule has 0 aliphatic heterocycles. The molecule has 0 saturated heterocycles. The number of aromatic nitrogens is 2. The lowest BCUT2D eigenvalue weighted by atomic mass is 10.2. The SMILES string of the molecule is Cc1cc(=O)[nH]c(=O)n1N=Cc1ccccc1. The molecule has 0 unspecified atom stereocenters. The van der Waals surface area contributed by atoms with Gasteiger partial charge in [-0.3, -0.25) is 9.78 Å². The van der Waals surface area contributed by atoms with Gasteiger partial charge in [0.2, 0.25) is 0 Å². The first-order valence-corrected chi connectivity index (χ1v) is 5.09. The molecule has 1 N–H and O–H groups in total. The summed E-state index contributed by atoms with van der Waals surface area (Å²) in [4.78, 5) is 24.6. The van der Waals surface area contributed by atoms with Crippen molar-refractivity contribution in [2.75, 3.05) is 0 Å². The van der Waals surface area contributed by atoms with Crippen LogP contribution in [0.3, 0.4) is 0 Å². The van der Waals surface area contributed by atoms with E-state index in [1.165, 1.54) is 6.07 Å². The zero-order chi connectivity index (χ0) is 12.3. The third-order valence-corrected chi connectivity index (χ3v) is 2.22. The van der Waals surface area contributed by atoms with Gasteiger partial charge < -0.3 is 0 Å². The van der Waals surface area contributed by atoms with Gasteiger partial charge in [0.1, 0.15) is 0 Å². The van der Waals surface area contributed by atoms with Crippen LogP contribution < -0.4 is 11.2 Å². The van der Waals surface area contributed by atoms with Crippen LogP contribution in [-0.4, -0.2) is 15.9 Å². The Balaban J connectivity index is 2.41. The van der Waals surface area contributed by atoms with Crippen LogP contribution in [0.1, 0.15) is 11.3 Å². The summed E-state index contributed by atoms with van der Waals surface area (Å²) in [5.74, 6) is 0. The highest BCUT2D eigenvalue weighted by Gasteiger charge is 1.98. The summed E-state index contributed by atoms with van der Waals surface area (Å²) in [6, 6.07) is 10.7. The summed E-state index contributed by atoms with van der Waals surface area (Å²) in [6.07, 6.45) is 1.56. The van der Waals surface area contributed by atoms with Crippen molar-refractivity contribution in [3.05, 3.63) is 68.5 Å². The van der Waals surface area contributed by atoms with Crippen LogP contribution >= 0.6 is 0 Å². The van der Waals surface area contributed by atoms with E-state index in [9.17, 15) is 9.59 Å². The molecular formula is C12H11N3O2. The number of benzene rings is 1. The molecule has 1 heterocycles. The number of nitrogens with zero attached hydrogens (tertiary/aromatic N) is 2. The van der Waals surface area contributed by atoms with E-state index >= 15 is 0 Å². The van der Waals surface area contributed by atoms with Crippen LogP contribution in [0.4, 0.5) is 0 Å². The molecule has 0 bridgehead atoms. The quantitative estimate of drug-likeness (QED) is 0.771. The smallest absolute Gasteiger partial charge is 0.272 e. The lowest BCUT2D eigenvalue weighted by molar-refractivity contribution is 0.746. The van der Waals surface area contributed by atoms with Crippen LogP contribution in [0, 0.1) is 6.92 Å². The second kappa shape index (κ2) is 4.61. The number of H-pyrrole nitrogens is 1. The first-order valence-electron chi connectivity index (χ1n) is 5.09. The predicted octanol–water partition coefficient (Wildman–Crippen LogP) is 0.727. The third kappa shape index (κ3) is 2.57. The van der Waals surface area contributed by atoms with Crippen molar-refractivity contribution >= 4 is 6.21 Å². The number of aryl methyl sites for hydroxylation is 1. The predicted molar refractivity (Wildman–Crippen MR) is 65.5 cm³/mol. The standard InChI is InChI=1S/C12H11N3O2/c1-9-7-11(16)14-12(17)15(9)13-8-10-5-3-2-4-6-10/h2-8H,1H3,(H,14,16,17). The van der Waals surface area contributed by atoms with Crippen LogP contribution in [0.2, 0.25) is 0 Å². The van der Waals surface area contributed by atoms with E-state index in [1.54, 1.807) is 13.1 Å². The largest absolute Gasteiger partial charge is 0.349 e. The summed E-state index contributed by atoms with van der Waals surface area (Å²) >= 11 is 0. The minimum atomic E-state index is -0.540. The number of hydrogen-bond acceptors (Lipinski definition) is 3. The van der Waals surface area contributed by atoms with E-state index in [0.29, 0.717) is 5.69 Å². The molecule has 2 rings (SSSR count). The lowest BCUT2D eigenvalue weighted by Crippen LogP contribution is -2.28. The molecule has 86 valence electrons. The topological polar surface area (TPSA) is 67.2 Å². The summed E-state index contributed by atoms with van der Waals surface area (Å²) in [5.41, 5.74) is 0.414. The maximum absolute atomic E-state index is 11.5. The Labute approximate surface area is 97.1 Å². The van der Waals surface area contributed by atoms with Crippen LogP contribution in [-0.2, 0) is 0 Å². The second-order valence-electron chi connectivity index (χ2n) is 3.55. The van der Waals surface area contributed by atoms with Crippen molar-refractivity contribution in [3.63, 3.8) is 0 Å². The molecule has 0 spiro atoms. The monoisotopic (exact) mass is 229 g/mol. The fraction of sp³-hybridized carbons (Fsp3) is 0.0833. The van der Waals surface area contributed by atoms with E-state index in [2.05, 4.69) is 10.1 Å². The Bertz CT molecular complexity index is 653. The Kier molecular flexibility index (Phi) is 3.00. The summed E-state index contributed by atoms with van der Waals surface area (Å²) in [6.45, 7) is 1.65. The van der Waals surface area contributed by atoms with Crippen LogP contribution in [0.25, 0.3) is 0 Å². The fourth-order valence-corrected chi connectivity index (χ4v) is 1.41. The van der Waals surface area contributed by atoms with Gasteiger partial charge >= 0.3 is 5.69 Å². The molecular weight excluding hydrogens is 218 g/mol. The van der Waals surface area contributed by atoms with E-state index in [1.807, 2.05) is 30.3 Å². The minimum Gasteiger partial charge on any atom is -0.272 e. The molecule has 5 heteroatoms. The maximum atomic E-state index is 11.5. The average molecular weight is 229 g/mol.